The SMILES string of the molecule is CC(C)C[C@H](CNC(=O)C1CC1)CC(=O)O. The summed E-state index contributed by atoms with van der Waals surface area (Å²) in [5, 5.41) is 11.6. The van der Waals surface area contributed by atoms with Crippen molar-refractivity contribution in [3.05, 3.63) is 0 Å². The van der Waals surface area contributed by atoms with Gasteiger partial charge in [0.05, 0.1) is 0 Å². The van der Waals surface area contributed by atoms with Gasteiger partial charge in [-0.25, -0.2) is 0 Å². The van der Waals surface area contributed by atoms with Crippen molar-refractivity contribution in [2.24, 2.45) is 17.8 Å². The minimum Gasteiger partial charge on any atom is -0.481 e. The van der Waals surface area contributed by atoms with Crippen molar-refractivity contribution in [1.29, 1.82) is 0 Å². The Morgan fingerprint density at radius 2 is 2.00 bits per heavy atom. The number of rotatable bonds is 7. The van der Waals surface area contributed by atoms with E-state index in [1.165, 1.54) is 0 Å². The molecule has 0 aliphatic heterocycles. The molecule has 4 nitrogen and oxygen atoms in total. The highest BCUT2D eigenvalue weighted by atomic mass is 16.4. The van der Waals surface area contributed by atoms with Gasteiger partial charge in [-0.05, 0) is 31.1 Å². The fourth-order valence-corrected chi connectivity index (χ4v) is 1.89. The van der Waals surface area contributed by atoms with Crippen LogP contribution in [0.1, 0.15) is 39.5 Å². The molecule has 1 aliphatic carbocycles. The summed E-state index contributed by atoms with van der Waals surface area (Å²) in [5.74, 6) is 0.0253. The molecule has 0 aromatic heterocycles. The van der Waals surface area contributed by atoms with E-state index in [2.05, 4.69) is 19.2 Å². The molecule has 0 heterocycles. The van der Waals surface area contributed by atoms with Crippen LogP contribution in [0.15, 0.2) is 0 Å². The summed E-state index contributed by atoms with van der Waals surface area (Å²) in [7, 11) is 0. The van der Waals surface area contributed by atoms with E-state index in [9.17, 15) is 9.59 Å². The number of hydrogen-bond acceptors (Lipinski definition) is 2. The first-order valence-electron chi connectivity index (χ1n) is 5.98. The van der Waals surface area contributed by atoms with Gasteiger partial charge >= 0.3 is 5.97 Å². The second-order valence-electron chi connectivity index (χ2n) is 5.11. The van der Waals surface area contributed by atoms with E-state index >= 15 is 0 Å². The predicted octanol–water partition coefficient (Wildman–Crippen LogP) is 1.65. The van der Waals surface area contributed by atoms with Gasteiger partial charge < -0.3 is 10.4 Å². The third kappa shape index (κ3) is 5.14. The largest absolute Gasteiger partial charge is 0.481 e. The van der Waals surface area contributed by atoms with Gasteiger partial charge in [0, 0.05) is 18.9 Å². The molecule has 2 N–H and O–H groups in total. The summed E-state index contributed by atoms with van der Waals surface area (Å²) < 4.78 is 0. The zero-order valence-electron chi connectivity index (χ0n) is 10.0. The topological polar surface area (TPSA) is 66.4 Å². The summed E-state index contributed by atoms with van der Waals surface area (Å²) in [5.41, 5.74) is 0. The zero-order valence-corrected chi connectivity index (χ0v) is 10.0. The first kappa shape index (κ1) is 13.0. The fourth-order valence-electron chi connectivity index (χ4n) is 1.89. The van der Waals surface area contributed by atoms with Gasteiger partial charge in [-0.3, -0.25) is 9.59 Å². The Balaban J connectivity index is 2.29. The lowest BCUT2D eigenvalue weighted by Crippen LogP contribution is -2.32. The van der Waals surface area contributed by atoms with Crippen LogP contribution in [0.25, 0.3) is 0 Å². The number of nitrogens with one attached hydrogen (secondary N) is 1. The van der Waals surface area contributed by atoms with Crippen LogP contribution < -0.4 is 5.32 Å². The Kier molecular flexibility index (Phi) is 4.77. The van der Waals surface area contributed by atoms with E-state index in [0.717, 1.165) is 19.3 Å². The van der Waals surface area contributed by atoms with Gasteiger partial charge in [0.1, 0.15) is 0 Å². The van der Waals surface area contributed by atoms with Gasteiger partial charge in [0.25, 0.3) is 0 Å². The molecule has 0 unspecified atom stereocenters. The molecular formula is C12H21NO3. The summed E-state index contributed by atoms with van der Waals surface area (Å²) >= 11 is 0. The van der Waals surface area contributed by atoms with E-state index in [0.29, 0.717) is 12.5 Å². The molecule has 1 saturated carbocycles. The van der Waals surface area contributed by atoms with Crippen molar-refractivity contribution in [3.8, 4) is 0 Å². The Morgan fingerprint density at radius 3 is 2.44 bits per heavy atom. The summed E-state index contributed by atoms with van der Waals surface area (Å²) in [6.45, 7) is 4.63. The Hall–Kier alpha value is -1.06. The third-order valence-electron chi connectivity index (χ3n) is 2.78. The van der Waals surface area contributed by atoms with Gasteiger partial charge in [-0.15, -0.1) is 0 Å². The highest BCUT2D eigenvalue weighted by Crippen LogP contribution is 2.28. The van der Waals surface area contributed by atoms with Crippen LogP contribution in [0, 0.1) is 17.8 Å². The standard InChI is InChI=1S/C12H21NO3/c1-8(2)5-9(6-11(14)15)7-13-12(16)10-3-4-10/h8-10H,3-7H2,1-2H3,(H,13,16)(H,14,15)/t9-/m0/s1. The lowest BCUT2D eigenvalue weighted by molar-refractivity contribution is -0.138. The van der Waals surface area contributed by atoms with E-state index in [4.69, 9.17) is 5.11 Å². The molecule has 0 spiro atoms. The van der Waals surface area contributed by atoms with Crippen molar-refractivity contribution in [2.75, 3.05) is 6.54 Å². The van der Waals surface area contributed by atoms with Crippen molar-refractivity contribution in [2.45, 2.75) is 39.5 Å². The van der Waals surface area contributed by atoms with Crippen LogP contribution in [-0.4, -0.2) is 23.5 Å². The second-order valence-corrected chi connectivity index (χ2v) is 5.11. The minimum atomic E-state index is -0.786. The Morgan fingerprint density at radius 1 is 1.38 bits per heavy atom. The molecule has 0 aromatic carbocycles. The fraction of sp³-hybridized carbons (Fsp3) is 0.833. The van der Waals surface area contributed by atoms with Crippen molar-refractivity contribution >= 4 is 11.9 Å². The van der Waals surface area contributed by atoms with Gasteiger partial charge in [0.15, 0.2) is 0 Å². The maximum Gasteiger partial charge on any atom is 0.303 e. The maximum absolute atomic E-state index is 11.4. The molecule has 16 heavy (non-hydrogen) atoms. The smallest absolute Gasteiger partial charge is 0.303 e. The summed E-state index contributed by atoms with van der Waals surface area (Å²) in [6.07, 6.45) is 2.96. The first-order valence-corrected chi connectivity index (χ1v) is 5.98. The molecule has 0 saturated heterocycles. The van der Waals surface area contributed by atoms with Crippen molar-refractivity contribution in [3.63, 3.8) is 0 Å². The quantitative estimate of drug-likeness (QED) is 0.695. The number of carbonyl (C=O) groups excluding carboxylic acids is 1. The van der Waals surface area contributed by atoms with E-state index in [1.807, 2.05) is 0 Å². The number of carbonyl (C=O) groups is 2. The lowest BCUT2D eigenvalue weighted by Gasteiger charge is -2.17. The molecule has 0 bridgehead atoms. The van der Waals surface area contributed by atoms with E-state index in [-0.39, 0.29) is 24.2 Å². The van der Waals surface area contributed by atoms with Crippen molar-refractivity contribution < 1.29 is 14.7 Å². The highest BCUT2D eigenvalue weighted by Gasteiger charge is 2.29. The molecule has 1 fully saturated rings. The molecular weight excluding hydrogens is 206 g/mol. The van der Waals surface area contributed by atoms with E-state index < -0.39 is 5.97 Å². The monoisotopic (exact) mass is 227 g/mol. The van der Waals surface area contributed by atoms with Crippen LogP contribution >= 0.6 is 0 Å². The van der Waals surface area contributed by atoms with Crippen LogP contribution in [0.2, 0.25) is 0 Å². The predicted molar refractivity (Wildman–Crippen MR) is 60.9 cm³/mol. The lowest BCUT2D eigenvalue weighted by atomic mass is 9.94. The molecule has 1 amide bonds. The molecule has 0 radical (unpaired) electrons. The Bertz CT molecular complexity index is 259. The molecule has 1 rings (SSSR count). The normalized spacial score (nSPS) is 17.2. The molecule has 1 atom stereocenters. The second kappa shape index (κ2) is 5.87. The van der Waals surface area contributed by atoms with Gasteiger partial charge in [0.2, 0.25) is 5.91 Å². The minimum absolute atomic E-state index is 0.0557. The van der Waals surface area contributed by atoms with Crippen LogP contribution in [-0.2, 0) is 9.59 Å². The first-order chi connectivity index (χ1) is 7.49. The zero-order chi connectivity index (χ0) is 12.1. The number of amides is 1. The average molecular weight is 227 g/mol. The number of hydrogen-bond donors (Lipinski definition) is 2. The van der Waals surface area contributed by atoms with Gasteiger partial charge in [-0.1, -0.05) is 13.8 Å². The summed E-state index contributed by atoms with van der Waals surface area (Å²) in [4.78, 5) is 22.1. The molecule has 92 valence electrons. The van der Waals surface area contributed by atoms with Crippen LogP contribution in [0.3, 0.4) is 0 Å². The van der Waals surface area contributed by atoms with Crippen LogP contribution in [0.5, 0.6) is 0 Å². The number of carboxylic acids is 1. The average Bonchev–Trinajstić information content (AvgIpc) is 2.94. The molecule has 1 aliphatic rings. The van der Waals surface area contributed by atoms with Crippen molar-refractivity contribution in [1.82, 2.24) is 5.32 Å². The summed E-state index contributed by atoms with van der Waals surface area (Å²) in [6, 6.07) is 0. The highest BCUT2D eigenvalue weighted by molar-refractivity contribution is 5.80. The molecule has 4 heteroatoms. The van der Waals surface area contributed by atoms with Gasteiger partial charge in [-0.2, -0.15) is 0 Å². The Labute approximate surface area is 96.4 Å². The number of carboxylic acid groups (broad SMARTS) is 1. The van der Waals surface area contributed by atoms with Crippen LogP contribution in [0.4, 0.5) is 0 Å². The van der Waals surface area contributed by atoms with E-state index in [1.54, 1.807) is 0 Å². The third-order valence-corrected chi connectivity index (χ3v) is 2.78. The maximum atomic E-state index is 11.4. The molecule has 0 aromatic rings. The number of aliphatic carboxylic acids is 1.